The average molecular weight is 345 g/mol. The van der Waals surface area contributed by atoms with Crippen LogP contribution in [0.25, 0.3) is 0 Å². The maximum atomic E-state index is 12.4. The summed E-state index contributed by atoms with van der Waals surface area (Å²) >= 11 is 0. The summed E-state index contributed by atoms with van der Waals surface area (Å²) in [6.07, 6.45) is 1.74. The van der Waals surface area contributed by atoms with Crippen LogP contribution in [0.3, 0.4) is 0 Å². The zero-order valence-electron chi connectivity index (χ0n) is 15.3. The van der Waals surface area contributed by atoms with E-state index >= 15 is 0 Å². The molecular formula is C22H23N3O. The molecule has 2 N–H and O–H groups in total. The highest BCUT2D eigenvalue weighted by Crippen LogP contribution is 2.23. The second kappa shape index (κ2) is 7.40. The molecule has 0 fully saturated rings. The summed E-state index contributed by atoms with van der Waals surface area (Å²) in [5.74, 6) is 0.666. The molecule has 2 aromatic carbocycles. The topological polar surface area (TPSA) is 54.0 Å². The summed E-state index contributed by atoms with van der Waals surface area (Å²) in [5.41, 5.74) is 3.59. The van der Waals surface area contributed by atoms with Gasteiger partial charge in [0.1, 0.15) is 5.82 Å². The van der Waals surface area contributed by atoms with E-state index in [1.807, 2.05) is 66.7 Å². The van der Waals surface area contributed by atoms with E-state index in [0.717, 1.165) is 17.2 Å². The number of hydrogen-bond donors (Lipinski definition) is 2. The first-order valence-electron chi connectivity index (χ1n) is 8.62. The molecule has 1 heterocycles. The van der Waals surface area contributed by atoms with Crippen molar-refractivity contribution in [2.75, 3.05) is 10.6 Å². The fourth-order valence-electron chi connectivity index (χ4n) is 2.55. The molecule has 3 aromatic rings. The van der Waals surface area contributed by atoms with Crippen molar-refractivity contribution in [3.63, 3.8) is 0 Å². The standard InChI is InChI=1S/C22H23N3O/c1-22(2,3)17-9-7-16(8-10-17)21(26)25-19-13-11-18(12-14-19)24-20-6-4-5-15-23-20/h4-15H,1-3H3,(H,23,24)(H,25,26). The van der Waals surface area contributed by atoms with Crippen molar-refractivity contribution in [1.82, 2.24) is 4.98 Å². The summed E-state index contributed by atoms with van der Waals surface area (Å²) in [7, 11) is 0. The molecule has 0 aliphatic rings. The first kappa shape index (κ1) is 17.7. The summed E-state index contributed by atoms with van der Waals surface area (Å²) in [5, 5.41) is 6.14. The minimum absolute atomic E-state index is 0.0748. The minimum atomic E-state index is -0.115. The van der Waals surface area contributed by atoms with Crippen LogP contribution in [-0.2, 0) is 5.41 Å². The number of carbonyl (C=O) groups is 1. The number of hydrogen-bond acceptors (Lipinski definition) is 3. The number of aromatic nitrogens is 1. The van der Waals surface area contributed by atoms with Crippen molar-refractivity contribution < 1.29 is 4.79 Å². The number of rotatable bonds is 4. The van der Waals surface area contributed by atoms with Crippen molar-refractivity contribution in [3.05, 3.63) is 84.1 Å². The Morgan fingerprint density at radius 2 is 1.50 bits per heavy atom. The Morgan fingerprint density at radius 1 is 0.846 bits per heavy atom. The van der Waals surface area contributed by atoms with Crippen molar-refractivity contribution in [2.24, 2.45) is 0 Å². The van der Waals surface area contributed by atoms with Gasteiger partial charge in [-0.2, -0.15) is 0 Å². The number of nitrogens with zero attached hydrogens (tertiary/aromatic N) is 1. The molecule has 0 aliphatic carbocycles. The lowest BCUT2D eigenvalue weighted by Gasteiger charge is -2.19. The van der Waals surface area contributed by atoms with Gasteiger partial charge < -0.3 is 10.6 Å². The average Bonchev–Trinajstić information content (AvgIpc) is 2.63. The fraction of sp³-hybridized carbons (Fsp3) is 0.182. The highest BCUT2D eigenvalue weighted by Gasteiger charge is 2.14. The number of nitrogens with one attached hydrogen (secondary N) is 2. The van der Waals surface area contributed by atoms with Crippen LogP contribution in [-0.4, -0.2) is 10.9 Å². The number of amides is 1. The van der Waals surface area contributed by atoms with E-state index in [-0.39, 0.29) is 11.3 Å². The van der Waals surface area contributed by atoms with Gasteiger partial charge in [0, 0.05) is 23.1 Å². The van der Waals surface area contributed by atoms with E-state index < -0.39 is 0 Å². The number of benzene rings is 2. The molecule has 3 rings (SSSR count). The first-order valence-corrected chi connectivity index (χ1v) is 8.62. The van der Waals surface area contributed by atoms with Gasteiger partial charge >= 0.3 is 0 Å². The van der Waals surface area contributed by atoms with Gasteiger partial charge in [0.2, 0.25) is 0 Å². The molecule has 4 nitrogen and oxygen atoms in total. The predicted octanol–water partition coefficient (Wildman–Crippen LogP) is 5.38. The van der Waals surface area contributed by atoms with Crippen molar-refractivity contribution in [3.8, 4) is 0 Å². The Bertz CT molecular complexity index is 864. The third kappa shape index (κ3) is 4.48. The number of carbonyl (C=O) groups excluding carboxylic acids is 1. The van der Waals surface area contributed by atoms with Gasteiger partial charge in [0.05, 0.1) is 0 Å². The van der Waals surface area contributed by atoms with E-state index in [4.69, 9.17) is 0 Å². The Balaban J connectivity index is 1.64. The van der Waals surface area contributed by atoms with Gasteiger partial charge in [-0.3, -0.25) is 4.79 Å². The van der Waals surface area contributed by atoms with E-state index in [1.165, 1.54) is 5.56 Å². The Kier molecular flexibility index (Phi) is 5.03. The molecule has 0 aliphatic heterocycles. The SMILES string of the molecule is CC(C)(C)c1ccc(C(=O)Nc2ccc(Nc3ccccn3)cc2)cc1. The van der Waals surface area contributed by atoms with E-state index in [9.17, 15) is 4.79 Å². The maximum absolute atomic E-state index is 12.4. The van der Waals surface area contributed by atoms with Crippen LogP contribution in [0.5, 0.6) is 0 Å². The van der Waals surface area contributed by atoms with Crippen LogP contribution in [0.15, 0.2) is 72.9 Å². The van der Waals surface area contributed by atoms with Gasteiger partial charge in [0.15, 0.2) is 0 Å². The smallest absolute Gasteiger partial charge is 0.255 e. The van der Waals surface area contributed by atoms with Gasteiger partial charge in [-0.1, -0.05) is 39.0 Å². The van der Waals surface area contributed by atoms with Crippen molar-refractivity contribution in [1.29, 1.82) is 0 Å². The van der Waals surface area contributed by atoms with Gasteiger partial charge in [-0.05, 0) is 59.5 Å². The van der Waals surface area contributed by atoms with Crippen LogP contribution in [0.4, 0.5) is 17.2 Å². The zero-order valence-corrected chi connectivity index (χ0v) is 15.3. The van der Waals surface area contributed by atoms with Crippen LogP contribution in [0, 0.1) is 0 Å². The third-order valence-electron chi connectivity index (χ3n) is 4.09. The lowest BCUT2D eigenvalue weighted by molar-refractivity contribution is 0.102. The lowest BCUT2D eigenvalue weighted by atomic mass is 9.87. The summed E-state index contributed by atoms with van der Waals surface area (Å²) in [6, 6.07) is 21.0. The number of pyridine rings is 1. The van der Waals surface area contributed by atoms with Gasteiger partial charge in [-0.15, -0.1) is 0 Å². The van der Waals surface area contributed by atoms with Crippen LogP contribution < -0.4 is 10.6 Å². The van der Waals surface area contributed by atoms with Gasteiger partial charge in [-0.25, -0.2) is 4.98 Å². The lowest BCUT2D eigenvalue weighted by Crippen LogP contribution is -2.14. The van der Waals surface area contributed by atoms with Crippen LogP contribution >= 0.6 is 0 Å². The fourth-order valence-corrected chi connectivity index (χ4v) is 2.55. The quantitative estimate of drug-likeness (QED) is 0.668. The molecule has 0 radical (unpaired) electrons. The minimum Gasteiger partial charge on any atom is -0.340 e. The molecule has 26 heavy (non-hydrogen) atoms. The first-order chi connectivity index (χ1) is 12.4. The molecule has 4 heteroatoms. The molecule has 132 valence electrons. The summed E-state index contributed by atoms with van der Waals surface area (Å²) in [4.78, 5) is 16.6. The molecule has 1 amide bonds. The molecule has 0 spiro atoms. The Labute approximate surface area is 154 Å². The normalized spacial score (nSPS) is 11.0. The van der Waals surface area contributed by atoms with Crippen molar-refractivity contribution >= 4 is 23.1 Å². The molecule has 0 unspecified atom stereocenters. The van der Waals surface area contributed by atoms with Gasteiger partial charge in [0.25, 0.3) is 5.91 Å². The second-order valence-electron chi connectivity index (χ2n) is 7.20. The van der Waals surface area contributed by atoms with Crippen molar-refractivity contribution in [2.45, 2.75) is 26.2 Å². The summed E-state index contributed by atoms with van der Waals surface area (Å²) in [6.45, 7) is 6.47. The molecule has 0 saturated carbocycles. The molecular weight excluding hydrogens is 322 g/mol. The highest BCUT2D eigenvalue weighted by atomic mass is 16.1. The van der Waals surface area contributed by atoms with E-state index in [2.05, 4.69) is 36.4 Å². The van der Waals surface area contributed by atoms with Crippen LogP contribution in [0.2, 0.25) is 0 Å². The molecule has 0 atom stereocenters. The molecule has 0 bridgehead atoms. The largest absolute Gasteiger partial charge is 0.340 e. The number of anilines is 3. The third-order valence-corrected chi connectivity index (χ3v) is 4.09. The Hall–Kier alpha value is -3.14. The molecule has 0 saturated heterocycles. The monoisotopic (exact) mass is 345 g/mol. The van der Waals surface area contributed by atoms with E-state index in [1.54, 1.807) is 6.20 Å². The van der Waals surface area contributed by atoms with E-state index in [0.29, 0.717) is 5.56 Å². The second-order valence-corrected chi connectivity index (χ2v) is 7.20. The Morgan fingerprint density at radius 3 is 2.08 bits per heavy atom. The summed E-state index contributed by atoms with van der Waals surface area (Å²) < 4.78 is 0. The highest BCUT2D eigenvalue weighted by molar-refractivity contribution is 6.04. The maximum Gasteiger partial charge on any atom is 0.255 e. The van der Waals surface area contributed by atoms with Crippen LogP contribution in [0.1, 0.15) is 36.7 Å². The zero-order chi connectivity index (χ0) is 18.6. The molecule has 1 aromatic heterocycles. The predicted molar refractivity (Wildman–Crippen MR) is 107 cm³/mol.